The van der Waals surface area contributed by atoms with E-state index in [0.717, 1.165) is 0 Å². The number of alkyl halides is 1. The fourth-order valence-electron chi connectivity index (χ4n) is 1.31. The highest BCUT2D eigenvalue weighted by Crippen LogP contribution is 2.09. The maximum Gasteiger partial charge on any atom is 0.212 e. The minimum atomic E-state index is -3.31. The molecule has 92 valence electrons. The van der Waals surface area contributed by atoms with Crippen LogP contribution in [0.5, 0.6) is 0 Å². The Balaban J connectivity index is 2.59. The number of hydrogen-bond acceptors (Lipinski definition) is 3. The van der Waals surface area contributed by atoms with Crippen molar-refractivity contribution >= 4 is 21.6 Å². The molecule has 1 aromatic heterocycles. The van der Waals surface area contributed by atoms with Gasteiger partial charge in [-0.25, -0.2) is 18.1 Å². The third kappa shape index (κ3) is 4.11. The van der Waals surface area contributed by atoms with Gasteiger partial charge in [0.1, 0.15) is 5.82 Å². The fourth-order valence-corrected chi connectivity index (χ4v) is 3.16. The highest BCUT2D eigenvalue weighted by atomic mass is 35.5. The van der Waals surface area contributed by atoms with Crippen LogP contribution in [-0.2, 0) is 10.0 Å². The minimum absolute atomic E-state index is 0.0293. The summed E-state index contributed by atoms with van der Waals surface area (Å²) in [4.78, 5) is 6.85. The van der Waals surface area contributed by atoms with Crippen LogP contribution in [0.25, 0.3) is 0 Å². The molecule has 0 bridgehead atoms. The summed E-state index contributed by atoms with van der Waals surface area (Å²) >= 11 is 5.58. The van der Waals surface area contributed by atoms with E-state index in [1.54, 1.807) is 26.2 Å². The van der Waals surface area contributed by atoms with E-state index < -0.39 is 10.0 Å². The molecule has 0 saturated heterocycles. The molecular weight excluding hydrogens is 250 g/mol. The Hall–Kier alpha value is -0.590. The lowest BCUT2D eigenvalue weighted by atomic mass is 10.3. The van der Waals surface area contributed by atoms with Crippen molar-refractivity contribution in [2.45, 2.75) is 19.9 Å². The van der Waals surface area contributed by atoms with Gasteiger partial charge in [-0.15, -0.1) is 11.6 Å². The SMILES string of the molecule is CC(CCl)CS(=O)(=O)NC(C)c1ncc[nH]1. The van der Waals surface area contributed by atoms with E-state index >= 15 is 0 Å². The number of hydrogen-bond donors (Lipinski definition) is 2. The fraction of sp³-hybridized carbons (Fsp3) is 0.667. The van der Waals surface area contributed by atoms with Gasteiger partial charge in [0.05, 0.1) is 11.8 Å². The maximum absolute atomic E-state index is 11.7. The van der Waals surface area contributed by atoms with E-state index in [4.69, 9.17) is 11.6 Å². The summed E-state index contributed by atoms with van der Waals surface area (Å²) in [6.07, 6.45) is 3.24. The first-order valence-electron chi connectivity index (χ1n) is 5.00. The first kappa shape index (κ1) is 13.5. The molecule has 5 nitrogen and oxygen atoms in total. The predicted octanol–water partition coefficient (Wildman–Crippen LogP) is 1.26. The quantitative estimate of drug-likeness (QED) is 0.761. The number of H-pyrrole nitrogens is 1. The average Bonchev–Trinajstić information content (AvgIpc) is 2.68. The molecular formula is C9H16ClN3O2S. The van der Waals surface area contributed by atoms with Gasteiger partial charge in [0.2, 0.25) is 10.0 Å². The van der Waals surface area contributed by atoms with Crippen LogP contribution in [0.1, 0.15) is 25.7 Å². The van der Waals surface area contributed by atoms with E-state index in [9.17, 15) is 8.42 Å². The number of rotatable bonds is 6. The second-order valence-corrected chi connectivity index (χ2v) is 5.96. The zero-order valence-corrected chi connectivity index (χ0v) is 10.8. The van der Waals surface area contributed by atoms with Gasteiger partial charge < -0.3 is 4.98 Å². The van der Waals surface area contributed by atoms with Crippen LogP contribution in [-0.4, -0.2) is 30.0 Å². The van der Waals surface area contributed by atoms with Gasteiger partial charge in [0.15, 0.2) is 0 Å². The number of nitrogens with zero attached hydrogens (tertiary/aromatic N) is 1. The molecule has 16 heavy (non-hydrogen) atoms. The van der Waals surface area contributed by atoms with Gasteiger partial charge in [0.25, 0.3) is 0 Å². The number of halogens is 1. The van der Waals surface area contributed by atoms with Crippen LogP contribution < -0.4 is 4.72 Å². The summed E-state index contributed by atoms with van der Waals surface area (Å²) in [5, 5.41) is 0. The smallest absolute Gasteiger partial charge is 0.212 e. The van der Waals surface area contributed by atoms with E-state index in [1.807, 2.05) is 0 Å². The molecule has 1 rings (SSSR count). The van der Waals surface area contributed by atoms with Crippen LogP contribution in [0.2, 0.25) is 0 Å². The molecule has 0 radical (unpaired) electrons. The Kier molecular flexibility index (Phi) is 4.76. The lowest BCUT2D eigenvalue weighted by Crippen LogP contribution is -2.32. The van der Waals surface area contributed by atoms with Crippen molar-refractivity contribution in [3.8, 4) is 0 Å². The molecule has 0 aliphatic carbocycles. The summed E-state index contributed by atoms with van der Waals surface area (Å²) in [6, 6.07) is -0.359. The van der Waals surface area contributed by atoms with Gasteiger partial charge in [-0.05, 0) is 12.8 Å². The lowest BCUT2D eigenvalue weighted by Gasteiger charge is -2.14. The van der Waals surface area contributed by atoms with Gasteiger partial charge in [-0.3, -0.25) is 0 Å². The van der Waals surface area contributed by atoms with Gasteiger partial charge in [-0.2, -0.15) is 0 Å². The summed E-state index contributed by atoms with van der Waals surface area (Å²) < 4.78 is 25.9. The number of imidazole rings is 1. The molecule has 0 aromatic carbocycles. The van der Waals surface area contributed by atoms with E-state index in [2.05, 4.69) is 14.7 Å². The third-order valence-electron chi connectivity index (χ3n) is 2.05. The third-order valence-corrected chi connectivity index (χ3v) is 4.30. The summed E-state index contributed by atoms with van der Waals surface area (Å²) in [6.45, 7) is 3.53. The molecule has 0 fully saturated rings. The van der Waals surface area contributed by atoms with Crippen molar-refractivity contribution in [1.29, 1.82) is 0 Å². The zero-order chi connectivity index (χ0) is 12.2. The molecule has 0 spiro atoms. The van der Waals surface area contributed by atoms with E-state index in [0.29, 0.717) is 11.7 Å². The largest absolute Gasteiger partial charge is 0.347 e. The summed E-state index contributed by atoms with van der Waals surface area (Å²) in [5.41, 5.74) is 0. The molecule has 0 amide bonds. The molecule has 1 heterocycles. The number of aromatic amines is 1. The van der Waals surface area contributed by atoms with Gasteiger partial charge in [0, 0.05) is 18.3 Å². The van der Waals surface area contributed by atoms with Crippen LogP contribution >= 0.6 is 11.6 Å². The van der Waals surface area contributed by atoms with Crippen molar-refractivity contribution in [2.24, 2.45) is 5.92 Å². The standard InChI is InChI=1S/C9H16ClN3O2S/c1-7(5-10)6-16(14,15)13-8(2)9-11-3-4-12-9/h3-4,7-8,13H,5-6H2,1-2H3,(H,11,12). The predicted molar refractivity (Wildman–Crippen MR) is 63.8 cm³/mol. The molecule has 2 atom stereocenters. The van der Waals surface area contributed by atoms with Crippen molar-refractivity contribution in [1.82, 2.24) is 14.7 Å². The molecule has 0 aliphatic rings. The monoisotopic (exact) mass is 265 g/mol. The molecule has 7 heteroatoms. The van der Waals surface area contributed by atoms with Crippen molar-refractivity contribution < 1.29 is 8.42 Å². The molecule has 2 N–H and O–H groups in total. The van der Waals surface area contributed by atoms with E-state index in [1.165, 1.54) is 0 Å². The summed E-state index contributed by atoms with van der Waals surface area (Å²) in [5.74, 6) is 0.891. The average molecular weight is 266 g/mol. The molecule has 2 unspecified atom stereocenters. The zero-order valence-electron chi connectivity index (χ0n) is 9.27. The number of sulfonamides is 1. The van der Waals surface area contributed by atoms with Crippen LogP contribution in [0.3, 0.4) is 0 Å². The Labute approximate surface area is 101 Å². The lowest BCUT2D eigenvalue weighted by molar-refractivity contribution is 0.550. The van der Waals surface area contributed by atoms with Crippen LogP contribution in [0.15, 0.2) is 12.4 Å². The number of aromatic nitrogens is 2. The normalized spacial score (nSPS) is 15.9. The Bertz CT molecular complexity index is 404. The van der Waals surface area contributed by atoms with Crippen LogP contribution in [0.4, 0.5) is 0 Å². The maximum atomic E-state index is 11.7. The van der Waals surface area contributed by atoms with E-state index in [-0.39, 0.29) is 17.7 Å². The second-order valence-electron chi connectivity index (χ2n) is 3.85. The summed E-state index contributed by atoms with van der Waals surface area (Å²) in [7, 11) is -3.31. The topological polar surface area (TPSA) is 74.8 Å². The van der Waals surface area contributed by atoms with Crippen molar-refractivity contribution in [2.75, 3.05) is 11.6 Å². The van der Waals surface area contributed by atoms with Crippen molar-refractivity contribution in [3.63, 3.8) is 0 Å². The van der Waals surface area contributed by atoms with Gasteiger partial charge in [-0.1, -0.05) is 6.92 Å². The first-order chi connectivity index (χ1) is 7.44. The van der Waals surface area contributed by atoms with Gasteiger partial charge >= 0.3 is 0 Å². The Morgan fingerprint density at radius 1 is 1.56 bits per heavy atom. The molecule has 0 aliphatic heterocycles. The highest BCUT2D eigenvalue weighted by molar-refractivity contribution is 7.89. The highest BCUT2D eigenvalue weighted by Gasteiger charge is 2.19. The second kappa shape index (κ2) is 5.65. The number of nitrogens with one attached hydrogen (secondary N) is 2. The molecule has 0 saturated carbocycles. The van der Waals surface area contributed by atoms with Crippen molar-refractivity contribution in [3.05, 3.63) is 18.2 Å². The first-order valence-corrected chi connectivity index (χ1v) is 7.18. The minimum Gasteiger partial charge on any atom is -0.347 e. The Morgan fingerprint density at radius 2 is 2.25 bits per heavy atom. The molecule has 1 aromatic rings. The Morgan fingerprint density at radius 3 is 2.75 bits per heavy atom. The van der Waals surface area contributed by atoms with Crippen LogP contribution in [0, 0.1) is 5.92 Å².